The van der Waals surface area contributed by atoms with Gasteiger partial charge in [-0.25, -0.2) is 4.98 Å². The van der Waals surface area contributed by atoms with E-state index < -0.39 is 0 Å². The molecule has 6 nitrogen and oxygen atoms in total. The standard InChI is InChI=1S/C29H32Br2ClN5O/c30-24-5-1-21(2-6-24)18-34-29(38)23-17-27(32)28(33-19-23)37-15-13-36(14-16-37)26-9-11-35(12-10-26)20-22-3-7-25(31)8-4-22/h1-8,17,19,26H,9-16,18,20H2,(H,34,38). The van der Waals surface area contributed by atoms with Gasteiger partial charge in [0.1, 0.15) is 5.82 Å². The summed E-state index contributed by atoms with van der Waals surface area (Å²) in [4.78, 5) is 24.7. The van der Waals surface area contributed by atoms with Crippen LogP contribution < -0.4 is 10.2 Å². The zero-order valence-corrected chi connectivity index (χ0v) is 25.2. The minimum atomic E-state index is -0.176. The van der Waals surface area contributed by atoms with Gasteiger partial charge >= 0.3 is 0 Å². The van der Waals surface area contributed by atoms with Crippen LogP contribution in [0, 0.1) is 0 Å². The van der Waals surface area contributed by atoms with Crippen molar-refractivity contribution in [2.24, 2.45) is 0 Å². The van der Waals surface area contributed by atoms with Crippen LogP contribution in [-0.4, -0.2) is 66.0 Å². The van der Waals surface area contributed by atoms with Gasteiger partial charge in [0.2, 0.25) is 0 Å². The molecule has 0 atom stereocenters. The van der Waals surface area contributed by atoms with E-state index in [0.29, 0.717) is 23.2 Å². The SMILES string of the molecule is O=C(NCc1ccc(Br)cc1)c1cnc(N2CCN(C3CCN(Cc4ccc(Br)cc4)CC3)CC2)c(Cl)c1. The van der Waals surface area contributed by atoms with Crippen molar-refractivity contribution in [2.75, 3.05) is 44.2 Å². The van der Waals surface area contributed by atoms with Crippen molar-refractivity contribution in [1.29, 1.82) is 0 Å². The number of amides is 1. The first-order valence-corrected chi connectivity index (χ1v) is 15.0. The highest BCUT2D eigenvalue weighted by molar-refractivity contribution is 9.10. The summed E-state index contributed by atoms with van der Waals surface area (Å²) in [6, 6.07) is 18.9. The van der Waals surface area contributed by atoms with Crippen LogP contribution >= 0.6 is 43.5 Å². The molecule has 2 saturated heterocycles. The molecule has 3 heterocycles. The maximum Gasteiger partial charge on any atom is 0.253 e. The number of hydrogen-bond acceptors (Lipinski definition) is 5. The van der Waals surface area contributed by atoms with E-state index in [2.05, 4.69) is 81.1 Å². The third kappa shape index (κ3) is 7.16. The van der Waals surface area contributed by atoms with Gasteiger partial charge in [0.25, 0.3) is 5.91 Å². The lowest BCUT2D eigenvalue weighted by molar-refractivity contribution is 0.0950. The van der Waals surface area contributed by atoms with Gasteiger partial charge in [-0.1, -0.05) is 67.7 Å². The fourth-order valence-corrected chi connectivity index (χ4v) is 6.08. The summed E-state index contributed by atoms with van der Waals surface area (Å²) < 4.78 is 2.14. The van der Waals surface area contributed by atoms with E-state index in [4.69, 9.17) is 11.6 Å². The number of pyridine rings is 1. The largest absolute Gasteiger partial charge is 0.353 e. The molecule has 1 N–H and O–H groups in total. The second-order valence-electron chi connectivity index (χ2n) is 10.00. The van der Waals surface area contributed by atoms with Crippen LogP contribution in [0.5, 0.6) is 0 Å². The Labute approximate surface area is 246 Å². The Morgan fingerprint density at radius 2 is 1.50 bits per heavy atom. The molecule has 2 aromatic carbocycles. The third-order valence-corrected chi connectivity index (χ3v) is 8.79. The highest BCUT2D eigenvalue weighted by atomic mass is 79.9. The molecule has 9 heteroatoms. The number of nitrogens with one attached hydrogen (secondary N) is 1. The average molecular weight is 662 g/mol. The summed E-state index contributed by atoms with van der Waals surface area (Å²) in [5.41, 5.74) is 2.88. The normalized spacial score (nSPS) is 17.5. The maximum atomic E-state index is 12.6. The number of aromatic nitrogens is 1. The molecule has 5 rings (SSSR count). The second-order valence-corrected chi connectivity index (χ2v) is 12.2. The quantitative estimate of drug-likeness (QED) is 0.338. The Morgan fingerprint density at radius 3 is 2.11 bits per heavy atom. The molecule has 2 fully saturated rings. The van der Waals surface area contributed by atoms with Crippen LogP contribution in [0.2, 0.25) is 5.02 Å². The van der Waals surface area contributed by atoms with Gasteiger partial charge in [0, 0.05) is 60.5 Å². The molecule has 0 unspecified atom stereocenters. The Hall–Kier alpha value is -1.97. The van der Waals surface area contributed by atoms with Gasteiger partial charge < -0.3 is 10.2 Å². The number of piperidine rings is 1. The molecule has 0 bridgehead atoms. The van der Waals surface area contributed by atoms with Gasteiger partial charge in [0.05, 0.1) is 10.6 Å². The van der Waals surface area contributed by atoms with Gasteiger partial charge in [-0.05, 0) is 67.4 Å². The van der Waals surface area contributed by atoms with E-state index in [0.717, 1.165) is 66.1 Å². The zero-order valence-electron chi connectivity index (χ0n) is 21.3. The van der Waals surface area contributed by atoms with E-state index in [1.54, 1.807) is 12.3 Å². The summed E-state index contributed by atoms with van der Waals surface area (Å²) >= 11 is 13.6. The van der Waals surface area contributed by atoms with E-state index in [1.807, 2.05) is 24.3 Å². The molecule has 0 spiro atoms. The number of anilines is 1. The Morgan fingerprint density at radius 1 is 0.895 bits per heavy atom. The van der Waals surface area contributed by atoms with Crippen LogP contribution in [0.3, 0.4) is 0 Å². The summed E-state index contributed by atoms with van der Waals surface area (Å²) in [7, 11) is 0. The monoisotopic (exact) mass is 659 g/mol. The Bertz CT molecular complexity index is 1220. The van der Waals surface area contributed by atoms with Crippen molar-refractivity contribution < 1.29 is 4.79 Å². The second kappa shape index (κ2) is 12.9. The molecule has 0 aliphatic carbocycles. The highest BCUT2D eigenvalue weighted by Gasteiger charge is 2.28. The molecule has 38 heavy (non-hydrogen) atoms. The fraction of sp³-hybridized carbons (Fsp3) is 0.379. The average Bonchev–Trinajstić information content (AvgIpc) is 2.94. The summed E-state index contributed by atoms with van der Waals surface area (Å²) in [6.07, 6.45) is 4.05. The number of benzene rings is 2. The predicted octanol–water partition coefficient (Wildman–Crippen LogP) is 5.98. The van der Waals surface area contributed by atoms with Crippen molar-refractivity contribution in [2.45, 2.75) is 32.0 Å². The number of likely N-dealkylation sites (tertiary alicyclic amines) is 1. The molecule has 0 radical (unpaired) electrons. The molecular weight excluding hydrogens is 630 g/mol. The van der Waals surface area contributed by atoms with Crippen LogP contribution in [0.4, 0.5) is 5.82 Å². The molecule has 0 saturated carbocycles. The van der Waals surface area contributed by atoms with E-state index in [1.165, 1.54) is 18.4 Å². The lowest BCUT2D eigenvalue weighted by Gasteiger charge is -2.43. The van der Waals surface area contributed by atoms with Crippen molar-refractivity contribution >= 4 is 55.2 Å². The summed E-state index contributed by atoms with van der Waals surface area (Å²) in [6.45, 7) is 7.55. The molecule has 1 aromatic heterocycles. The van der Waals surface area contributed by atoms with Crippen LogP contribution in [-0.2, 0) is 13.1 Å². The van der Waals surface area contributed by atoms with Gasteiger partial charge in [-0.2, -0.15) is 0 Å². The fourth-order valence-electron chi connectivity index (χ4n) is 5.26. The number of carbonyl (C=O) groups is 1. The maximum absolute atomic E-state index is 12.6. The van der Waals surface area contributed by atoms with E-state index in [9.17, 15) is 4.79 Å². The Balaban J connectivity index is 1.08. The van der Waals surface area contributed by atoms with E-state index >= 15 is 0 Å². The smallest absolute Gasteiger partial charge is 0.253 e. The number of rotatable bonds is 7. The van der Waals surface area contributed by atoms with Gasteiger partial charge in [-0.15, -0.1) is 0 Å². The molecular formula is C29H32Br2ClN5O. The van der Waals surface area contributed by atoms with Crippen molar-refractivity contribution in [1.82, 2.24) is 20.1 Å². The predicted molar refractivity (Wildman–Crippen MR) is 161 cm³/mol. The first-order valence-electron chi connectivity index (χ1n) is 13.1. The molecule has 1 amide bonds. The number of nitrogens with zero attached hydrogens (tertiary/aromatic N) is 4. The first kappa shape index (κ1) is 27.6. The summed E-state index contributed by atoms with van der Waals surface area (Å²) in [5, 5.41) is 3.47. The third-order valence-electron chi connectivity index (χ3n) is 7.46. The minimum Gasteiger partial charge on any atom is -0.353 e. The molecule has 3 aromatic rings. The number of hydrogen-bond donors (Lipinski definition) is 1. The Kier molecular flexibility index (Phi) is 9.38. The topological polar surface area (TPSA) is 51.7 Å². The number of halogens is 3. The van der Waals surface area contributed by atoms with Crippen molar-refractivity contribution in [3.05, 3.63) is 91.5 Å². The molecule has 200 valence electrons. The molecule has 2 aliphatic rings. The van der Waals surface area contributed by atoms with Crippen molar-refractivity contribution in [3.8, 4) is 0 Å². The lowest BCUT2D eigenvalue weighted by atomic mass is 10.0. The minimum absolute atomic E-state index is 0.176. The highest BCUT2D eigenvalue weighted by Crippen LogP contribution is 2.27. The van der Waals surface area contributed by atoms with Crippen LogP contribution in [0.25, 0.3) is 0 Å². The first-order chi connectivity index (χ1) is 18.4. The number of carbonyl (C=O) groups excluding carboxylic acids is 1. The van der Waals surface area contributed by atoms with Gasteiger partial charge in [0.15, 0.2) is 0 Å². The zero-order chi connectivity index (χ0) is 26.5. The van der Waals surface area contributed by atoms with Crippen molar-refractivity contribution in [3.63, 3.8) is 0 Å². The lowest BCUT2D eigenvalue weighted by Crippen LogP contribution is -2.53. The van der Waals surface area contributed by atoms with Crippen LogP contribution in [0.1, 0.15) is 34.3 Å². The van der Waals surface area contributed by atoms with Gasteiger partial charge in [-0.3, -0.25) is 14.6 Å². The van der Waals surface area contributed by atoms with E-state index in [-0.39, 0.29) is 5.91 Å². The van der Waals surface area contributed by atoms with Crippen LogP contribution in [0.15, 0.2) is 69.7 Å². The molecule has 2 aliphatic heterocycles. The number of piperazine rings is 1. The summed E-state index contributed by atoms with van der Waals surface area (Å²) in [5.74, 6) is 0.588.